The third-order valence-electron chi connectivity index (χ3n) is 5.04. The van der Waals surface area contributed by atoms with Gasteiger partial charge in [0.05, 0.1) is 21.7 Å². The van der Waals surface area contributed by atoms with Gasteiger partial charge < -0.3 is 10.6 Å². The molecule has 4 rings (SSSR count). The van der Waals surface area contributed by atoms with Gasteiger partial charge in [-0.3, -0.25) is 4.79 Å². The lowest BCUT2D eigenvalue weighted by molar-refractivity contribution is -0.137. The molecule has 1 saturated heterocycles. The summed E-state index contributed by atoms with van der Waals surface area (Å²) in [6.07, 6.45) is -1.79. The summed E-state index contributed by atoms with van der Waals surface area (Å²) in [5.41, 5.74) is -0.601. The van der Waals surface area contributed by atoms with Gasteiger partial charge in [-0.2, -0.15) is 13.2 Å². The Morgan fingerprint density at radius 1 is 1.30 bits per heavy atom. The van der Waals surface area contributed by atoms with Crippen molar-refractivity contribution in [1.29, 1.82) is 0 Å². The molecule has 0 radical (unpaired) electrons. The number of fused-ring (bicyclic) bond motifs is 1. The smallest absolute Gasteiger partial charge is 0.351 e. The topological polar surface area (TPSA) is 104 Å². The first-order valence-corrected chi connectivity index (χ1v) is 11.8. The normalized spacial score (nSPS) is 18.3. The van der Waals surface area contributed by atoms with Crippen molar-refractivity contribution in [3.05, 3.63) is 28.3 Å². The van der Waals surface area contributed by atoms with Crippen LogP contribution in [0.2, 0.25) is 0 Å². The zero-order chi connectivity index (χ0) is 21.7. The molecule has 0 unspecified atom stereocenters. The van der Waals surface area contributed by atoms with Gasteiger partial charge in [0.1, 0.15) is 5.56 Å². The zero-order valence-electron chi connectivity index (χ0n) is 15.8. The van der Waals surface area contributed by atoms with Gasteiger partial charge in [0.15, 0.2) is 0 Å². The van der Waals surface area contributed by atoms with Crippen molar-refractivity contribution in [3.8, 4) is 10.6 Å². The van der Waals surface area contributed by atoms with E-state index >= 15 is 0 Å². The van der Waals surface area contributed by atoms with E-state index in [-0.39, 0.29) is 35.0 Å². The zero-order valence-corrected chi connectivity index (χ0v) is 17.4. The molecular weight excluding hydrogens is 443 g/mol. The maximum atomic E-state index is 13.5. The van der Waals surface area contributed by atoms with Crippen LogP contribution >= 0.6 is 11.3 Å². The molecule has 2 aliphatic heterocycles. The third-order valence-corrected chi connectivity index (χ3v) is 7.52. The number of aromatic nitrogens is 2. The number of halogens is 3. The second-order valence-corrected chi connectivity index (χ2v) is 10.2. The average Bonchev–Trinajstić information content (AvgIpc) is 3.23. The van der Waals surface area contributed by atoms with Crippen molar-refractivity contribution >= 4 is 33.2 Å². The molecule has 0 bridgehead atoms. The maximum absolute atomic E-state index is 13.5. The van der Waals surface area contributed by atoms with Crippen LogP contribution in [0.4, 0.5) is 19.1 Å². The molecule has 0 atom stereocenters. The van der Waals surface area contributed by atoms with Gasteiger partial charge in [-0.1, -0.05) is 0 Å². The first-order chi connectivity index (χ1) is 14.0. The summed E-state index contributed by atoms with van der Waals surface area (Å²) in [7, 11) is -3.27. The summed E-state index contributed by atoms with van der Waals surface area (Å²) in [6.45, 7) is 0.911. The molecule has 0 spiro atoms. The Morgan fingerprint density at radius 3 is 2.60 bits per heavy atom. The fourth-order valence-electron chi connectivity index (χ4n) is 3.49. The Labute approximate surface area is 174 Å². The number of anilines is 1. The monoisotopic (exact) mass is 461 g/mol. The molecule has 2 aromatic rings. The summed E-state index contributed by atoms with van der Waals surface area (Å²) >= 11 is 0.968. The predicted molar refractivity (Wildman–Crippen MR) is 105 cm³/mol. The average molecular weight is 461 g/mol. The number of rotatable bonds is 4. The molecule has 0 aliphatic carbocycles. The lowest BCUT2D eigenvalue weighted by atomic mass is 10.1. The van der Waals surface area contributed by atoms with E-state index in [4.69, 9.17) is 0 Å². The summed E-state index contributed by atoms with van der Waals surface area (Å²) in [5.74, 6) is -0.270. The van der Waals surface area contributed by atoms with E-state index in [2.05, 4.69) is 20.6 Å². The summed E-state index contributed by atoms with van der Waals surface area (Å²) < 4.78 is 65.2. The minimum atomic E-state index is -4.65. The minimum Gasteiger partial charge on any atom is -0.351 e. The standard InChI is InChI=1S/C17H18F3N5O3S2/c1-30(27,28)25-4-2-10(3-5-25)23-16-22-8-11(17(18,19)20)13(24-16)12-6-9-7-21-15(26)14(9)29-12/h6,8,10H,2-5,7H2,1H3,(H,21,26)(H,22,23,24). The number of amides is 1. The minimum absolute atomic E-state index is 0.0359. The number of nitrogens with zero attached hydrogens (tertiary/aromatic N) is 3. The van der Waals surface area contributed by atoms with E-state index in [1.54, 1.807) is 6.07 Å². The Morgan fingerprint density at radius 2 is 2.00 bits per heavy atom. The van der Waals surface area contributed by atoms with Crippen LogP contribution in [-0.2, 0) is 22.7 Å². The van der Waals surface area contributed by atoms with Crippen molar-refractivity contribution in [2.75, 3.05) is 24.7 Å². The summed E-state index contributed by atoms with van der Waals surface area (Å²) in [4.78, 5) is 20.4. The second kappa shape index (κ2) is 7.46. The Balaban J connectivity index is 1.60. The van der Waals surface area contributed by atoms with Gasteiger partial charge in [0.25, 0.3) is 5.91 Å². The lowest BCUT2D eigenvalue weighted by Crippen LogP contribution is -2.42. The SMILES string of the molecule is CS(=O)(=O)N1CCC(Nc2ncc(C(F)(F)F)c(-c3cc4c(s3)C(=O)NC4)n2)CC1. The van der Waals surface area contributed by atoms with E-state index in [0.717, 1.165) is 23.8 Å². The van der Waals surface area contributed by atoms with E-state index in [0.29, 0.717) is 36.4 Å². The number of hydrogen-bond acceptors (Lipinski definition) is 7. The maximum Gasteiger partial charge on any atom is 0.420 e. The molecule has 2 aliphatic rings. The van der Waals surface area contributed by atoms with Crippen molar-refractivity contribution in [1.82, 2.24) is 19.6 Å². The highest BCUT2D eigenvalue weighted by Crippen LogP contribution is 2.40. The molecule has 0 saturated carbocycles. The van der Waals surface area contributed by atoms with Gasteiger partial charge >= 0.3 is 6.18 Å². The molecule has 8 nitrogen and oxygen atoms in total. The van der Waals surface area contributed by atoms with E-state index in [9.17, 15) is 26.4 Å². The molecule has 162 valence electrons. The number of sulfonamides is 1. The number of nitrogens with one attached hydrogen (secondary N) is 2. The van der Waals surface area contributed by atoms with Gasteiger partial charge in [-0.15, -0.1) is 11.3 Å². The van der Waals surface area contributed by atoms with E-state index < -0.39 is 21.8 Å². The number of carbonyl (C=O) groups excluding carboxylic acids is 1. The van der Waals surface area contributed by atoms with Crippen LogP contribution < -0.4 is 10.6 Å². The number of thiophene rings is 1. The first kappa shape index (κ1) is 21.0. The van der Waals surface area contributed by atoms with Crippen molar-refractivity contribution in [3.63, 3.8) is 0 Å². The highest BCUT2D eigenvalue weighted by Gasteiger charge is 2.37. The lowest BCUT2D eigenvalue weighted by Gasteiger charge is -2.30. The van der Waals surface area contributed by atoms with Crippen LogP contribution in [0.1, 0.15) is 33.6 Å². The van der Waals surface area contributed by atoms with Gasteiger partial charge in [-0.25, -0.2) is 22.7 Å². The van der Waals surface area contributed by atoms with Crippen LogP contribution in [-0.4, -0.2) is 54.0 Å². The number of piperidine rings is 1. The first-order valence-electron chi connectivity index (χ1n) is 9.09. The largest absolute Gasteiger partial charge is 0.420 e. The Hall–Kier alpha value is -2.25. The van der Waals surface area contributed by atoms with Crippen LogP contribution in [0.25, 0.3) is 10.6 Å². The van der Waals surface area contributed by atoms with Gasteiger partial charge in [0, 0.05) is 31.9 Å². The van der Waals surface area contributed by atoms with Crippen molar-refractivity contribution in [2.24, 2.45) is 0 Å². The molecule has 1 fully saturated rings. The van der Waals surface area contributed by atoms with Crippen LogP contribution in [0.5, 0.6) is 0 Å². The molecule has 30 heavy (non-hydrogen) atoms. The van der Waals surface area contributed by atoms with Crippen LogP contribution in [0, 0.1) is 0 Å². The fourth-order valence-corrected chi connectivity index (χ4v) is 5.46. The highest BCUT2D eigenvalue weighted by atomic mass is 32.2. The predicted octanol–water partition coefficient (Wildman–Crippen LogP) is 2.30. The third kappa shape index (κ3) is 4.14. The van der Waals surface area contributed by atoms with Crippen molar-refractivity contribution < 1.29 is 26.4 Å². The number of carbonyl (C=O) groups is 1. The van der Waals surface area contributed by atoms with E-state index in [1.165, 1.54) is 4.31 Å². The van der Waals surface area contributed by atoms with Gasteiger partial charge in [0.2, 0.25) is 16.0 Å². The van der Waals surface area contributed by atoms with Crippen LogP contribution in [0.15, 0.2) is 12.3 Å². The molecule has 4 heterocycles. The number of hydrogen-bond donors (Lipinski definition) is 2. The molecule has 13 heteroatoms. The summed E-state index contributed by atoms with van der Waals surface area (Å²) in [6, 6.07) is 1.39. The summed E-state index contributed by atoms with van der Waals surface area (Å²) in [5, 5.41) is 5.64. The Bertz CT molecular complexity index is 1090. The van der Waals surface area contributed by atoms with E-state index in [1.807, 2.05) is 0 Å². The van der Waals surface area contributed by atoms with Gasteiger partial charge in [-0.05, 0) is 24.5 Å². The Kier molecular flexibility index (Phi) is 5.22. The van der Waals surface area contributed by atoms with Crippen LogP contribution in [0.3, 0.4) is 0 Å². The fraction of sp³-hybridized carbons (Fsp3) is 0.471. The molecule has 1 amide bonds. The molecule has 2 aromatic heterocycles. The van der Waals surface area contributed by atoms with Crippen molar-refractivity contribution in [2.45, 2.75) is 31.6 Å². The molecule has 2 N–H and O–H groups in total. The second-order valence-electron chi connectivity index (χ2n) is 7.18. The molecule has 0 aromatic carbocycles. The molecular formula is C17H18F3N5O3S2. The quantitative estimate of drug-likeness (QED) is 0.724. The number of alkyl halides is 3. The highest BCUT2D eigenvalue weighted by molar-refractivity contribution is 7.88.